The molecular formula is C11H19N5O3S. The van der Waals surface area contributed by atoms with Gasteiger partial charge >= 0.3 is 0 Å². The molecule has 0 bridgehead atoms. The van der Waals surface area contributed by atoms with Gasteiger partial charge < -0.3 is 5.32 Å². The van der Waals surface area contributed by atoms with Crippen molar-refractivity contribution in [3.63, 3.8) is 0 Å². The van der Waals surface area contributed by atoms with Crippen LogP contribution in [0.25, 0.3) is 0 Å². The number of tetrazole rings is 1. The van der Waals surface area contributed by atoms with Gasteiger partial charge in [-0.2, -0.15) is 0 Å². The number of hydrogen-bond donors (Lipinski definition) is 1. The summed E-state index contributed by atoms with van der Waals surface area (Å²) in [5.41, 5.74) is 0. The Labute approximate surface area is 117 Å². The van der Waals surface area contributed by atoms with E-state index in [9.17, 15) is 13.2 Å². The highest BCUT2D eigenvalue weighted by Gasteiger charge is 2.30. The summed E-state index contributed by atoms with van der Waals surface area (Å²) in [6.45, 7) is 3.75. The van der Waals surface area contributed by atoms with E-state index in [1.54, 1.807) is 4.68 Å². The predicted molar refractivity (Wildman–Crippen MR) is 71.5 cm³/mol. The summed E-state index contributed by atoms with van der Waals surface area (Å²) < 4.78 is 25.6. The normalized spacial score (nSPS) is 16.9. The highest BCUT2D eigenvalue weighted by atomic mass is 32.2. The van der Waals surface area contributed by atoms with Crippen molar-refractivity contribution in [3.8, 4) is 0 Å². The second-order valence-corrected chi connectivity index (χ2v) is 7.24. The maximum atomic E-state index is 12.0. The summed E-state index contributed by atoms with van der Waals surface area (Å²) in [5, 5.41) is 13.7. The molecule has 8 nitrogen and oxygen atoms in total. The fourth-order valence-corrected chi connectivity index (χ4v) is 2.94. The van der Waals surface area contributed by atoms with Crippen LogP contribution in [-0.2, 0) is 20.4 Å². The lowest BCUT2D eigenvalue weighted by Gasteiger charge is -2.11. The van der Waals surface area contributed by atoms with Gasteiger partial charge in [0.25, 0.3) is 0 Å². The lowest BCUT2D eigenvalue weighted by Crippen LogP contribution is -2.36. The Hall–Kier alpha value is -1.51. The molecule has 1 amide bonds. The fourth-order valence-electron chi connectivity index (χ4n) is 1.78. The number of carbonyl (C=O) groups excluding carboxylic acids is 1. The second kappa shape index (κ2) is 5.86. The molecule has 112 valence electrons. The third kappa shape index (κ3) is 3.99. The summed E-state index contributed by atoms with van der Waals surface area (Å²) in [4.78, 5) is 11.6. The maximum absolute atomic E-state index is 12.0. The third-order valence-electron chi connectivity index (χ3n) is 3.17. The monoisotopic (exact) mass is 301 g/mol. The first kappa shape index (κ1) is 14.9. The molecule has 1 unspecified atom stereocenters. The number of nitrogens with zero attached hydrogens (tertiary/aromatic N) is 4. The van der Waals surface area contributed by atoms with Gasteiger partial charge in [0, 0.05) is 6.04 Å². The van der Waals surface area contributed by atoms with E-state index in [4.69, 9.17) is 0 Å². The van der Waals surface area contributed by atoms with Crippen molar-refractivity contribution in [2.45, 2.75) is 50.9 Å². The van der Waals surface area contributed by atoms with E-state index < -0.39 is 21.5 Å². The van der Waals surface area contributed by atoms with Gasteiger partial charge in [-0.15, -0.1) is 5.10 Å². The highest BCUT2D eigenvalue weighted by Crippen LogP contribution is 2.34. The SMILES string of the molecule is CCC(C)NC(=O)CS(=O)(=O)Cc1nnnn1C1CC1. The molecule has 0 aromatic carbocycles. The number of nitrogens with one attached hydrogen (secondary N) is 1. The molecule has 1 N–H and O–H groups in total. The smallest absolute Gasteiger partial charge is 0.235 e. The van der Waals surface area contributed by atoms with Crippen LogP contribution in [-0.4, -0.2) is 46.3 Å². The number of sulfone groups is 1. The number of hydrogen-bond acceptors (Lipinski definition) is 6. The Kier molecular flexibility index (Phi) is 4.36. The molecule has 1 atom stereocenters. The Balaban J connectivity index is 1.96. The first-order valence-electron chi connectivity index (χ1n) is 6.68. The molecule has 20 heavy (non-hydrogen) atoms. The standard InChI is InChI=1S/C11H19N5O3S/c1-3-8(2)12-11(17)7-20(18,19)6-10-13-14-15-16(10)9-4-5-9/h8-9H,3-7H2,1-2H3,(H,12,17). The van der Waals surface area contributed by atoms with Gasteiger partial charge in [-0.1, -0.05) is 6.92 Å². The van der Waals surface area contributed by atoms with Crippen LogP contribution in [0.15, 0.2) is 0 Å². The molecule has 1 aromatic rings. The molecule has 1 fully saturated rings. The van der Waals surface area contributed by atoms with E-state index in [2.05, 4.69) is 20.8 Å². The molecule has 1 aromatic heterocycles. The third-order valence-corrected chi connectivity index (χ3v) is 4.57. The average Bonchev–Trinajstić information content (AvgIpc) is 3.09. The highest BCUT2D eigenvalue weighted by molar-refractivity contribution is 7.91. The van der Waals surface area contributed by atoms with Crippen LogP contribution >= 0.6 is 0 Å². The van der Waals surface area contributed by atoms with Crippen LogP contribution in [0.4, 0.5) is 0 Å². The Morgan fingerprint density at radius 2 is 2.20 bits per heavy atom. The second-order valence-electron chi connectivity index (χ2n) is 5.18. The van der Waals surface area contributed by atoms with Crippen molar-refractivity contribution in [2.24, 2.45) is 0 Å². The molecule has 0 radical (unpaired) electrons. The summed E-state index contributed by atoms with van der Waals surface area (Å²) in [6, 6.07) is 0.179. The van der Waals surface area contributed by atoms with E-state index in [0.717, 1.165) is 19.3 Å². The molecule has 1 aliphatic carbocycles. The Morgan fingerprint density at radius 3 is 2.80 bits per heavy atom. The summed E-state index contributed by atoms with van der Waals surface area (Å²) in [6.07, 6.45) is 2.69. The van der Waals surface area contributed by atoms with Gasteiger partial charge in [0.2, 0.25) is 5.91 Å². The number of amides is 1. The lowest BCUT2D eigenvalue weighted by molar-refractivity contribution is -0.119. The molecule has 9 heteroatoms. The zero-order chi connectivity index (χ0) is 14.8. The molecule has 0 spiro atoms. The van der Waals surface area contributed by atoms with Crippen molar-refractivity contribution in [2.75, 3.05) is 5.75 Å². The fraction of sp³-hybridized carbons (Fsp3) is 0.818. The first-order chi connectivity index (χ1) is 9.41. The number of aromatic nitrogens is 4. The van der Waals surface area contributed by atoms with Crippen LogP contribution in [0.2, 0.25) is 0 Å². The van der Waals surface area contributed by atoms with Crippen LogP contribution in [0.1, 0.15) is 45.0 Å². The maximum Gasteiger partial charge on any atom is 0.235 e. The molecule has 0 saturated heterocycles. The van der Waals surface area contributed by atoms with Gasteiger partial charge in [0.15, 0.2) is 15.7 Å². The topological polar surface area (TPSA) is 107 Å². The van der Waals surface area contributed by atoms with Gasteiger partial charge in [-0.25, -0.2) is 13.1 Å². The van der Waals surface area contributed by atoms with E-state index in [0.29, 0.717) is 5.82 Å². The minimum Gasteiger partial charge on any atom is -0.353 e. The van der Waals surface area contributed by atoms with E-state index in [1.165, 1.54) is 0 Å². The van der Waals surface area contributed by atoms with Crippen molar-refractivity contribution < 1.29 is 13.2 Å². The number of carbonyl (C=O) groups is 1. The molecule has 1 aliphatic rings. The predicted octanol–water partition coefficient (Wildman–Crippen LogP) is -0.163. The van der Waals surface area contributed by atoms with E-state index in [-0.39, 0.29) is 17.8 Å². The zero-order valence-corrected chi connectivity index (χ0v) is 12.4. The summed E-state index contributed by atoms with van der Waals surface area (Å²) >= 11 is 0. The minimum absolute atomic E-state index is 0.0329. The van der Waals surface area contributed by atoms with Crippen molar-refractivity contribution in [1.29, 1.82) is 0 Å². The first-order valence-corrected chi connectivity index (χ1v) is 8.50. The quantitative estimate of drug-likeness (QED) is 0.750. The minimum atomic E-state index is -3.56. The van der Waals surface area contributed by atoms with Crippen LogP contribution in [0.5, 0.6) is 0 Å². The van der Waals surface area contributed by atoms with Crippen LogP contribution < -0.4 is 5.32 Å². The summed E-state index contributed by atoms with van der Waals surface area (Å²) in [7, 11) is -3.56. The molecular weight excluding hydrogens is 282 g/mol. The van der Waals surface area contributed by atoms with Gasteiger partial charge in [0.1, 0.15) is 11.5 Å². The van der Waals surface area contributed by atoms with Crippen molar-refractivity contribution in [3.05, 3.63) is 5.82 Å². The molecule has 2 rings (SSSR count). The molecule has 1 saturated carbocycles. The largest absolute Gasteiger partial charge is 0.353 e. The van der Waals surface area contributed by atoms with Crippen LogP contribution in [0.3, 0.4) is 0 Å². The van der Waals surface area contributed by atoms with Crippen molar-refractivity contribution in [1.82, 2.24) is 25.5 Å². The van der Waals surface area contributed by atoms with Crippen LogP contribution in [0, 0.1) is 0 Å². The number of rotatable bonds is 7. The summed E-state index contributed by atoms with van der Waals surface area (Å²) in [5.74, 6) is -1.01. The van der Waals surface area contributed by atoms with E-state index in [1.807, 2.05) is 13.8 Å². The van der Waals surface area contributed by atoms with Gasteiger partial charge in [-0.3, -0.25) is 4.79 Å². The molecule has 1 heterocycles. The van der Waals surface area contributed by atoms with Crippen molar-refractivity contribution >= 4 is 15.7 Å². The Morgan fingerprint density at radius 1 is 1.50 bits per heavy atom. The lowest BCUT2D eigenvalue weighted by atomic mass is 10.3. The molecule has 0 aliphatic heterocycles. The Bertz CT molecular complexity index is 579. The average molecular weight is 301 g/mol. The van der Waals surface area contributed by atoms with Gasteiger partial charge in [0.05, 0.1) is 6.04 Å². The van der Waals surface area contributed by atoms with E-state index >= 15 is 0 Å². The van der Waals surface area contributed by atoms with Gasteiger partial charge in [-0.05, 0) is 36.6 Å². The zero-order valence-electron chi connectivity index (χ0n) is 11.6.